The molecule has 0 N–H and O–H groups in total. The van der Waals surface area contributed by atoms with E-state index in [1.165, 1.54) is 11.1 Å². The first kappa shape index (κ1) is 13.4. The fourth-order valence-electron chi connectivity index (χ4n) is 3.30. The van der Waals surface area contributed by atoms with Gasteiger partial charge in [0.15, 0.2) is 0 Å². The largest absolute Gasteiger partial charge is 0.108 e. The highest BCUT2D eigenvalue weighted by Gasteiger charge is 2.34. The van der Waals surface area contributed by atoms with Crippen LogP contribution in [-0.4, -0.2) is 8.07 Å². The number of aryl methyl sites for hydroxylation is 1. The summed E-state index contributed by atoms with van der Waals surface area (Å²) in [5, 5.41) is 3.27. The summed E-state index contributed by atoms with van der Waals surface area (Å²) < 4.78 is 0. The quantitative estimate of drug-likeness (QED) is 0.690. The van der Waals surface area contributed by atoms with E-state index in [0.29, 0.717) is 5.92 Å². The second kappa shape index (κ2) is 4.54. The Hall–Kier alpha value is -1.08. The molecule has 1 aromatic carbocycles. The fourth-order valence-corrected chi connectivity index (χ4v) is 6.97. The Morgan fingerprint density at radius 2 is 1.50 bits per heavy atom. The molecule has 0 bridgehead atoms. The van der Waals surface area contributed by atoms with Gasteiger partial charge in [-0.3, -0.25) is 0 Å². The standard InChI is InChI=1S/C17H24Si/c1-12-7-9-16(10-8-12)18(5,6)17-14(3)11-13(2)15(17)4/h7-11,14H,1-6H3. The molecule has 0 fully saturated rings. The zero-order chi connectivity index (χ0) is 13.5. The lowest BCUT2D eigenvalue weighted by Gasteiger charge is -2.29. The molecule has 1 aliphatic rings. The van der Waals surface area contributed by atoms with Gasteiger partial charge in [-0.1, -0.05) is 77.5 Å². The fraction of sp³-hybridized carbons (Fsp3) is 0.412. The van der Waals surface area contributed by atoms with Crippen molar-refractivity contribution in [3.63, 3.8) is 0 Å². The molecule has 1 unspecified atom stereocenters. The van der Waals surface area contributed by atoms with Gasteiger partial charge in [-0.05, 0) is 26.7 Å². The number of benzene rings is 1. The minimum Gasteiger partial charge on any atom is -0.0748 e. The van der Waals surface area contributed by atoms with Crippen molar-refractivity contribution < 1.29 is 0 Å². The third kappa shape index (κ3) is 2.12. The summed E-state index contributed by atoms with van der Waals surface area (Å²) in [7, 11) is -1.51. The van der Waals surface area contributed by atoms with Crippen LogP contribution in [0.25, 0.3) is 0 Å². The Balaban J connectivity index is 2.47. The van der Waals surface area contributed by atoms with Gasteiger partial charge in [0.2, 0.25) is 0 Å². The van der Waals surface area contributed by atoms with Crippen LogP contribution in [0.5, 0.6) is 0 Å². The van der Waals surface area contributed by atoms with Crippen LogP contribution in [0.15, 0.2) is 46.7 Å². The van der Waals surface area contributed by atoms with Crippen LogP contribution in [0.1, 0.15) is 26.3 Å². The summed E-state index contributed by atoms with van der Waals surface area (Å²) in [5.74, 6) is 0.618. The molecule has 0 heterocycles. The van der Waals surface area contributed by atoms with E-state index in [-0.39, 0.29) is 0 Å². The number of hydrogen-bond donors (Lipinski definition) is 0. The van der Waals surface area contributed by atoms with Gasteiger partial charge >= 0.3 is 0 Å². The number of hydrogen-bond acceptors (Lipinski definition) is 0. The lowest BCUT2D eigenvalue weighted by Crippen LogP contribution is -2.45. The van der Waals surface area contributed by atoms with E-state index in [4.69, 9.17) is 0 Å². The Kier molecular flexibility index (Phi) is 3.37. The molecule has 18 heavy (non-hydrogen) atoms. The van der Waals surface area contributed by atoms with Crippen LogP contribution in [-0.2, 0) is 0 Å². The Bertz CT molecular complexity index is 515. The summed E-state index contributed by atoms with van der Waals surface area (Å²) in [6, 6.07) is 9.17. The topological polar surface area (TPSA) is 0 Å². The molecule has 96 valence electrons. The summed E-state index contributed by atoms with van der Waals surface area (Å²) in [6.07, 6.45) is 2.42. The SMILES string of the molecule is CC1=CC(C)C([Si](C)(C)c2ccc(C)cc2)=C1C. The molecule has 0 spiro atoms. The molecule has 0 saturated carbocycles. The second-order valence-corrected chi connectivity index (χ2v) is 10.5. The number of rotatable bonds is 2. The molecule has 0 saturated heterocycles. The number of allylic oxidation sites excluding steroid dienone is 4. The predicted octanol–water partition coefficient (Wildman–Crippen LogP) is 4.36. The highest BCUT2D eigenvalue weighted by Crippen LogP contribution is 2.36. The van der Waals surface area contributed by atoms with Gasteiger partial charge in [0.25, 0.3) is 0 Å². The van der Waals surface area contributed by atoms with Crippen molar-refractivity contribution in [1.82, 2.24) is 0 Å². The van der Waals surface area contributed by atoms with Gasteiger partial charge in [-0.25, -0.2) is 0 Å². The molecule has 0 aliphatic heterocycles. The van der Waals surface area contributed by atoms with Crippen LogP contribution >= 0.6 is 0 Å². The van der Waals surface area contributed by atoms with Crippen LogP contribution < -0.4 is 5.19 Å². The van der Waals surface area contributed by atoms with E-state index in [9.17, 15) is 0 Å². The molecule has 1 aromatic rings. The van der Waals surface area contributed by atoms with E-state index < -0.39 is 8.07 Å². The van der Waals surface area contributed by atoms with Gasteiger partial charge in [0, 0.05) is 0 Å². The van der Waals surface area contributed by atoms with Gasteiger partial charge in [0.1, 0.15) is 8.07 Å². The van der Waals surface area contributed by atoms with E-state index in [0.717, 1.165) is 0 Å². The zero-order valence-electron chi connectivity index (χ0n) is 12.5. The predicted molar refractivity (Wildman–Crippen MR) is 83.9 cm³/mol. The molecule has 1 heteroatoms. The van der Waals surface area contributed by atoms with Crippen molar-refractivity contribution in [1.29, 1.82) is 0 Å². The van der Waals surface area contributed by atoms with Crippen molar-refractivity contribution in [3.8, 4) is 0 Å². The van der Waals surface area contributed by atoms with Crippen molar-refractivity contribution >= 4 is 13.3 Å². The third-order valence-electron chi connectivity index (χ3n) is 4.40. The monoisotopic (exact) mass is 256 g/mol. The van der Waals surface area contributed by atoms with Crippen LogP contribution in [0, 0.1) is 12.8 Å². The average Bonchev–Trinajstić information content (AvgIpc) is 2.54. The van der Waals surface area contributed by atoms with Gasteiger partial charge in [-0.15, -0.1) is 0 Å². The van der Waals surface area contributed by atoms with Gasteiger partial charge < -0.3 is 0 Å². The first-order valence-electron chi connectivity index (χ1n) is 6.81. The first-order valence-corrected chi connectivity index (χ1v) is 9.81. The summed E-state index contributed by atoms with van der Waals surface area (Å²) in [6.45, 7) is 14.0. The molecular weight excluding hydrogens is 232 g/mol. The van der Waals surface area contributed by atoms with E-state index in [2.05, 4.69) is 71.1 Å². The molecule has 2 rings (SSSR count). The minimum absolute atomic E-state index is 0.618. The summed E-state index contributed by atoms with van der Waals surface area (Å²) in [5.41, 5.74) is 4.37. The van der Waals surface area contributed by atoms with E-state index in [1.54, 1.807) is 16.0 Å². The molecule has 1 aliphatic carbocycles. The molecule has 0 aromatic heterocycles. The summed E-state index contributed by atoms with van der Waals surface area (Å²) in [4.78, 5) is 0. The van der Waals surface area contributed by atoms with Gasteiger partial charge in [-0.2, -0.15) is 0 Å². The Morgan fingerprint density at radius 1 is 0.944 bits per heavy atom. The molecule has 0 amide bonds. The van der Waals surface area contributed by atoms with E-state index in [1.807, 2.05) is 0 Å². The first-order chi connectivity index (χ1) is 8.34. The smallest absolute Gasteiger partial charge is 0.0748 e. The van der Waals surface area contributed by atoms with Crippen LogP contribution in [0.3, 0.4) is 0 Å². The van der Waals surface area contributed by atoms with Crippen molar-refractivity contribution in [2.24, 2.45) is 5.92 Å². The van der Waals surface area contributed by atoms with Crippen LogP contribution in [0.4, 0.5) is 0 Å². The summed E-state index contributed by atoms with van der Waals surface area (Å²) >= 11 is 0. The van der Waals surface area contributed by atoms with Crippen molar-refractivity contribution in [2.75, 3.05) is 0 Å². The van der Waals surface area contributed by atoms with Crippen LogP contribution in [0.2, 0.25) is 13.1 Å². The average molecular weight is 256 g/mol. The maximum absolute atomic E-state index is 2.49. The van der Waals surface area contributed by atoms with E-state index >= 15 is 0 Å². The highest BCUT2D eigenvalue weighted by atomic mass is 28.3. The second-order valence-electron chi connectivity index (χ2n) is 6.17. The Morgan fingerprint density at radius 3 is 1.94 bits per heavy atom. The molecular formula is C17H24Si. The molecule has 0 radical (unpaired) electrons. The maximum Gasteiger partial charge on any atom is 0.108 e. The third-order valence-corrected chi connectivity index (χ3v) is 8.35. The normalized spacial score (nSPS) is 20.3. The lowest BCUT2D eigenvalue weighted by molar-refractivity contribution is 0.919. The zero-order valence-corrected chi connectivity index (χ0v) is 13.5. The van der Waals surface area contributed by atoms with Crippen molar-refractivity contribution in [3.05, 3.63) is 52.2 Å². The molecule has 1 atom stereocenters. The lowest BCUT2D eigenvalue weighted by atomic mass is 10.2. The van der Waals surface area contributed by atoms with Crippen molar-refractivity contribution in [2.45, 2.75) is 40.8 Å². The Labute approximate surface area is 112 Å². The van der Waals surface area contributed by atoms with Gasteiger partial charge in [0.05, 0.1) is 0 Å². The molecule has 0 nitrogen and oxygen atoms in total. The highest BCUT2D eigenvalue weighted by molar-refractivity contribution is 6.96. The maximum atomic E-state index is 2.49. The minimum atomic E-state index is -1.51.